The second-order valence-corrected chi connectivity index (χ2v) is 9.62. The summed E-state index contributed by atoms with van der Waals surface area (Å²) in [4.78, 5) is 17.6. The van der Waals surface area contributed by atoms with Crippen LogP contribution in [0.2, 0.25) is 0 Å². The molecule has 7 heteroatoms. The van der Waals surface area contributed by atoms with Crippen molar-refractivity contribution in [1.82, 2.24) is 10.3 Å². The molecular formula is C22H18N2O3S2. The molecule has 2 aromatic carbocycles. The predicted molar refractivity (Wildman–Crippen MR) is 114 cm³/mol. The monoisotopic (exact) mass is 422 g/mol. The minimum absolute atomic E-state index is 0.164. The Kier molecular flexibility index (Phi) is 5.17. The van der Waals surface area contributed by atoms with Gasteiger partial charge in [0.2, 0.25) is 9.84 Å². The van der Waals surface area contributed by atoms with Gasteiger partial charge < -0.3 is 5.32 Å². The molecule has 0 saturated carbocycles. The van der Waals surface area contributed by atoms with Gasteiger partial charge in [0.1, 0.15) is 0 Å². The van der Waals surface area contributed by atoms with Crippen molar-refractivity contribution in [2.45, 2.75) is 23.3 Å². The van der Waals surface area contributed by atoms with E-state index in [9.17, 15) is 13.2 Å². The van der Waals surface area contributed by atoms with Crippen molar-refractivity contribution < 1.29 is 13.2 Å². The number of sulfone groups is 1. The third-order valence-corrected chi connectivity index (χ3v) is 7.63. The normalized spacial score (nSPS) is 11.5. The smallest absolute Gasteiger partial charge is 0.261 e. The van der Waals surface area contributed by atoms with Crippen LogP contribution in [-0.2, 0) is 16.4 Å². The summed E-state index contributed by atoms with van der Waals surface area (Å²) < 4.78 is 26.6. The summed E-state index contributed by atoms with van der Waals surface area (Å²) in [5.74, 6) is -0.164. The molecule has 0 fully saturated rings. The number of carbonyl (C=O) groups is 1. The number of fused-ring (bicyclic) bond motifs is 1. The molecule has 4 aromatic rings. The van der Waals surface area contributed by atoms with Gasteiger partial charge in [-0.3, -0.25) is 9.78 Å². The fourth-order valence-electron chi connectivity index (χ4n) is 3.04. The van der Waals surface area contributed by atoms with E-state index < -0.39 is 9.84 Å². The number of hydrogen-bond donors (Lipinski definition) is 1. The van der Waals surface area contributed by atoms with Gasteiger partial charge in [0.05, 0.1) is 19.4 Å². The van der Waals surface area contributed by atoms with Crippen molar-refractivity contribution in [3.05, 3.63) is 89.1 Å². The lowest BCUT2D eigenvalue weighted by Gasteiger charge is -2.09. The van der Waals surface area contributed by atoms with Gasteiger partial charge in [0.15, 0.2) is 0 Å². The summed E-state index contributed by atoms with van der Waals surface area (Å²) in [6.45, 7) is 2.09. The van der Waals surface area contributed by atoms with Crippen LogP contribution in [0.4, 0.5) is 0 Å². The zero-order valence-electron chi connectivity index (χ0n) is 15.6. The van der Waals surface area contributed by atoms with Gasteiger partial charge in [-0.15, -0.1) is 11.3 Å². The number of hydrogen-bond acceptors (Lipinski definition) is 5. The van der Waals surface area contributed by atoms with Crippen LogP contribution < -0.4 is 5.32 Å². The first-order valence-electron chi connectivity index (χ1n) is 8.96. The molecule has 2 aromatic heterocycles. The zero-order valence-corrected chi connectivity index (χ0v) is 17.3. The average Bonchev–Trinajstić information content (AvgIpc) is 3.17. The summed E-state index contributed by atoms with van der Waals surface area (Å²) in [7, 11) is -3.57. The number of aromatic nitrogens is 1. The Bertz CT molecular complexity index is 1260. The Morgan fingerprint density at radius 3 is 2.55 bits per heavy atom. The standard InChI is InChI=1S/C22H18N2O3S2/c1-15-4-2-3-5-21(15)29(26,27)18-8-6-16(7-9-18)13-24-22(25)19-12-17-10-11-23-14-20(17)28-19/h2-12,14H,13H2,1H3,(H,24,25). The largest absolute Gasteiger partial charge is 0.347 e. The van der Waals surface area contributed by atoms with E-state index in [1.165, 1.54) is 11.3 Å². The molecule has 0 bridgehead atoms. The zero-order chi connectivity index (χ0) is 20.4. The van der Waals surface area contributed by atoms with Gasteiger partial charge in [-0.1, -0.05) is 30.3 Å². The van der Waals surface area contributed by atoms with E-state index in [-0.39, 0.29) is 10.8 Å². The fourth-order valence-corrected chi connectivity index (χ4v) is 5.48. The van der Waals surface area contributed by atoms with Crippen molar-refractivity contribution in [1.29, 1.82) is 0 Å². The Morgan fingerprint density at radius 1 is 1.07 bits per heavy atom. The molecule has 5 nitrogen and oxygen atoms in total. The van der Waals surface area contributed by atoms with E-state index in [1.807, 2.05) is 18.2 Å². The second-order valence-electron chi connectivity index (χ2n) is 6.62. The number of thiophene rings is 1. The Balaban J connectivity index is 1.47. The van der Waals surface area contributed by atoms with Gasteiger partial charge in [-0.05, 0) is 53.8 Å². The van der Waals surface area contributed by atoms with Crippen LogP contribution in [0.1, 0.15) is 20.8 Å². The summed E-state index contributed by atoms with van der Waals surface area (Å²) in [5.41, 5.74) is 1.53. The van der Waals surface area contributed by atoms with Crippen LogP contribution in [-0.4, -0.2) is 19.3 Å². The number of aryl methyl sites for hydroxylation is 1. The van der Waals surface area contributed by atoms with Gasteiger partial charge in [-0.25, -0.2) is 8.42 Å². The maximum atomic E-state index is 12.8. The van der Waals surface area contributed by atoms with Crippen LogP contribution in [0.15, 0.2) is 82.8 Å². The van der Waals surface area contributed by atoms with Crippen molar-refractivity contribution in [2.75, 3.05) is 0 Å². The molecule has 2 heterocycles. The maximum absolute atomic E-state index is 12.8. The molecule has 0 spiro atoms. The van der Waals surface area contributed by atoms with Crippen molar-refractivity contribution in [2.24, 2.45) is 0 Å². The first-order valence-corrected chi connectivity index (χ1v) is 11.3. The van der Waals surface area contributed by atoms with E-state index in [2.05, 4.69) is 10.3 Å². The lowest BCUT2D eigenvalue weighted by molar-refractivity contribution is 0.0955. The number of rotatable bonds is 5. The molecule has 0 saturated heterocycles. The minimum atomic E-state index is -3.57. The molecule has 0 radical (unpaired) electrons. The molecule has 146 valence electrons. The average molecular weight is 423 g/mol. The molecule has 0 aliphatic heterocycles. The van der Waals surface area contributed by atoms with Crippen LogP contribution in [0.25, 0.3) is 10.1 Å². The maximum Gasteiger partial charge on any atom is 0.261 e. The Morgan fingerprint density at radius 2 is 1.83 bits per heavy atom. The van der Waals surface area contributed by atoms with Crippen molar-refractivity contribution >= 4 is 37.2 Å². The van der Waals surface area contributed by atoms with Crippen LogP contribution in [0.3, 0.4) is 0 Å². The molecule has 0 atom stereocenters. The lowest BCUT2D eigenvalue weighted by atomic mass is 10.2. The molecule has 29 heavy (non-hydrogen) atoms. The highest BCUT2D eigenvalue weighted by molar-refractivity contribution is 7.91. The van der Waals surface area contributed by atoms with E-state index >= 15 is 0 Å². The number of nitrogens with zero attached hydrogens (tertiary/aromatic N) is 1. The Labute approximate surface area is 173 Å². The van der Waals surface area contributed by atoms with Gasteiger partial charge in [0.25, 0.3) is 5.91 Å². The number of pyridine rings is 1. The summed E-state index contributed by atoms with van der Waals surface area (Å²) >= 11 is 1.39. The number of nitrogens with one attached hydrogen (secondary N) is 1. The molecule has 1 N–H and O–H groups in total. The Hall–Kier alpha value is -3.03. The minimum Gasteiger partial charge on any atom is -0.347 e. The first-order chi connectivity index (χ1) is 13.9. The number of amides is 1. The molecular weight excluding hydrogens is 404 g/mol. The quantitative estimate of drug-likeness (QED) is 0.518. The van der Waals surface area contributed by atoms with Crippen molar-refractivity contribution in [3.63, 3.8) is 0 Å². The highest BCUT2D eigenvalue weighted by atomic mass is 32.2. The highest BCUT2D eigenvalue weighted by Crippen LogP contribution is 2.25. The molecule has 0 aliphatic rings. The van der Waals surface area contributed by atoms with Gasteiger partial charge >= 0.3 is 0 Å². The van der Waals surface area contributed by atoms with Gasteiger partial charge in [0, 0.05) is 18.9 Å². The van der Waals surface area contributed by atoms with Gasteiger partial charge in [-0.2, -0.15) is 0 Å². The van der Waals surface area contributed by atoms with E-state index in [0.29, 0.717) is 21.9 Å². The summed E-state index contributed by atoms with van der Waals surface area (Å²) in [5, 5.41) is 3.86. The highest BCUT2D eigenvalue weighted by Gasteiger charge is 2.19. The molecule has 4 rings (SSSR count). The third kappa shape index (κ3) is 3.92. The number of benzene rings is 2. The van der Waals surface area contributed by atoms with E-state index in [0.717, 1.165) is 15.6 Å². The SMILES string of the molecule is Cc1ccccc1S(=O)(=O)c1ccc(CNC(=O)c2cc3ccncc3s2)cc1. The first kappa shape index (κ1) is 19.3. The van der Waals surface area contributed by atoms with Crippen LogP contribution in [0.5, 0.6) is 0 Å². The summed E-state index contributed by atoms with van der Waals surface area (Å²) in [6, 6.07) is 17.2. The molecule has 0 aliphatic carbocycles. The fraction of sp³-hybridized carbons (Fsp3) is 0.0909. The van der Waals surface area contributed by atoms with Crippen molar-refractivity contribution in [3.8, 4) is 0 Å². The topological polar surface area (TPSA) is 76.1 Å². The molecule has 1 amide bonds. The van der Waals surface area contributed by atoms with E-state index in [4.69, 9.17) is 0 Å². The third-order valence-electron chi connectivity index (χ3n) is 4.62. The number of carbonyl (C=O) groups excluding carboxylic acids is 1. The van der Waals surface area contributed by atoms with Crippen LogP contribution >= 0.6 is 11.3 Å². The lowest BCUT2D eigenvalue weighted by Crippen LogP contribution is -2.21. The predicted octanol–water partition coefficient (Wildman–Crippen LogP) is 4.37. The second kappa shape index (κ2) is 7.77. The van der Waals surface area contributed by atoms with Crippen LogP contribution in [0, 0.1) is 6.92 Å². The summed E-state index contributed by atoms with van der Waals surface area (Å²) in [6.07, 6.45) is 3.44. The molecule has 0 unspecified atom stereocenters. The van der Waals surface area contributed by atoms with E-state index in [1.54, 1.807) is 61.8 Å².